The summed E-state index contributed by atoms with van der Waals surface area (Å²) in [7, 11) is 3.50. The van der Waals surface area contributed by atoms with Crippen molar-refractivity contribution in [2.24, 2.45) is 5.73 Å². The maximum atomic E-state index is 11.9. The quantitative estimate of drug-likeness (QED) is 0.528. The fourth-order valence-electron chi connectivity index (χ4n) is 2.08. The van der Waals surface area contributed by atoms with Crippen molar-refractivity contribution < 1.29 is 9.53 Å². The zero-order valence-corrected chi connectivity index (χ0v) is 13.4. The molecule has 0 aromatic heterocycles. The number of methoxy groups -OCH3 is 1. The van der Waals surface area contributed by atoms with Gasteiger partial charge in [-0.2, -0.15) is 0 Å². The number of rotatable bonds is 9. The van der Waals surface area contributed by atoms with Gasteiger partial charge >= 0.3 is 0 Å². The number of nitrogens with two attached hydrogens (primary N) is 1. The normalized spacial score (nSPS) is 12.1. The van der Waals surface area contributed by atoms with Crippen molar-refractivity contribution in [2.45, 2.75) is 12.5 Å². The summed E-state index contributed by atoms with van der Waals surface area (Å²) in [5.41, 5.74) is 6.78. The Labute approximate surface area is 131 Å². The van der Waals surface area contributed by atoms with Gasteiger partial charge < -0.3 is 15.8 Å². The van der Waals surface area contributed by atoms with Gasteiger partial charge in [0.2, 0.25) is 5.91 Å². The second kappa shape index (κ2) is 9.44. The smallest absolute Gasteiger partial charge is 0.234 e. The third-order valence-electron chi connectivity index (χ3n) is 3.13. The van der Waals surface area contributed by atoms with Crippen molar-refractivity contribution in [1.29, 1.82) is 0 Å². The summed E-state index contributed by atoms with van der Waals surface area (Å²) in [5.74, 6) is -0.0431. The van der Waals surface area contributed by atoms with Gasteiger partial charge in [-0.25, -0.2) is 0 Å². The lowest BCUT2D eigenvalue weighted by Gasteiger charge is -2.27. The van der Waals surface area contributed by atoms with E-state index in [2.05, 4.69) is 5.32 Å². The lowest BCUT2D eigenvalue weighted by atomic mass is 10.0. The molecule has 1 atom stereocenters. The highest BCUT2D eigenvalue weighted by Gasteiger charge is 2.19. The molecule has 3 N–H and O–H groups in total. The Bertz CT molecular complexity index is 453. The number of ether oxygens (including phenoxy) is 1. The maximum absolute atomic E-state index is 11.9. The number of hydrogen-bond donors (Lipinski definition) is 2. The molecule has 0 aliphatic carbocycles. The van der Waals surface area contributed by atoms with Crippen LogP contribution in [0.15, 0.2) is 30.3 Å². The molecule has 5 nitrogen and oxygen atoms in total. The van der Waals surface area contributed by atoms with Gasteiger partial charge in [0, 0.05) is 26.1 Å². The topological polar surface area (TPSA) is 67.6 Å². The van der Waals surface area contributed by atoms with Crippen LogP contribution >= 0.6 is 12.2 Å². The predicted octanol–water partition coefficient (Wildman–Crippen LogP) is 1.10. The summed E-state index contributed by atoms with van der Waals surface area (Å²) >= 11 is 5.02. The molecule has 0 saturated heterocycles. The molecule has 6 heteroatoms. The molecule has 0 saturated carbocycles. The molecule has 1 rings (SSSR count). The number of carbonyl (C=O) groups is 1. The van der Waals surface area contributed by atoms with Crippen LogP contribution in [-0.4, -0.2) is 49.6 Å². The Morgan fingerprint density at radius 3 is 2.67 bits per heavy atom. The molecule has 116 valence electrons. The second-order valence-electron chi connectivity index (χ2n) is 4.85. The molecule has 0 radical (unpaired) electrons. The van der Waals surface area contributed by atoms with E-state index in [4.69, 9.17) is 22.7 Å². The molecule has 0 bridgehead atoms. The van der Waals surface area contributed by atoms with E-state index in [0.717, 1.165) is 5.56 Å². The molecule has 0 spiro atoms. The summed E-state index contributed by atoms with van der Waals surface area (Å²) in [6, 6.07) is 9.92. The Kier molecular flexibility index (Phi) is 7.89. The largest absolute Gasteiger partial charge is 0.393 e. The van der Waals surface area contributed by atoms with E-state index in [0.29, 0.717) is 24.6 Å². The van der Waals surface area contributed by atoms with Crippen molar-refractivity contribution in [3.8, 4) is 0 Å². The van der Waals surface area contributed by atoms with Gasteiger partial charge in [0.25, 0.3) is 0 Å². The van der Waals surface area contributed by atoms with E-state index in [9.17, 15) is 4.79 Å². The first kappa shape index (κ1) is 17.6. The molecule has 1 aromatic carbocycles. The zero-order chi connectivity index (χ0) is 15.7. The van der Waals surface area contributed by atoms with Crippen LogP contribution in [0.25, 0.3) is 0 Å². The first-order valence-electron chi connectivity index (χ1n) is 6.83. The van der Waals surface area contributed by atoms with Crippen LogP contribution < -0.4 is 11.1 Å². The molecular formula is C15H23N3O2S. The number of amides is 1. The van der Waals surface area contributed by atoms with Crippen LogP contribution in [0.4, 0.5) is 0 Å². The molecule has 0 aliphatic heterocycles. The fraction of sp³-hybridized carbons (Fsp3) is 0.467. The average molecular weight is 309 g/mol. The highest BCUT2D eigenvalue weighted by atomic mass is 32.1. The highest BCUT2D eigenvalue weighted by Crippen LogP contribution is 2.22. The molecule has 0 aliphatic rings. The molecule has 1 amide bonds. The minimum absolute atomic E-state index is 0.00289. The Hall–Kier alpha value is -1.50. The Morgan fingerprint density at radius 2 is 2.10 bits per heavy atom. The van der Waals surface area contributed by atoms with E-state index in [1.165, 1.54) is 0 Å². The van der Waals surface area contributed by atoms with Crippen LogP contribution in [0.3, 0.4) is 0 Å². The third-order valence-corrected chi connectivity index (χ3v) is 3.30. The van der Waals surface area contributed by atoms with Crippen LogP contribution in [0.1, 0.15) is 18.0 Å². The Morgan fingerprint density at radius 1 is 1.43 bits per heavy atom. The van der Waals surface area contributed by atoms with Gasteiger partial charge in [0.1, 0.15) is 0 Å². The van der Waals surface area contributed by atoms with Gasteiger partial charge in [-0.1, -0.05) is 42.5 Å². The Balaban J connectivity index is 2.66. The van der Waals surface area contributed by atoms with Crippen molar-refractivity contribution in [3.63, 3.8) is 0 Å². The first-order valence-corrected chi connectivity index (χ1v) is 7.24. The van der Waals surface area contributed by atoms with Crippen LogP contribution in [-0.2, 0) is 9.53 Å². The maximum Gasteiger partial charge on any atom is 0.234 e. The lowest BCUT2D eigenvalue weighted by molar-refractivity contribution is -0.122. The van der Waals surface area contributed by atoms with Gasteiger partial charge in [-0.3, -0.25) is 9.69 Å². The van der Waals surface area contributed by atoms with Crippen molar-refractivity contribution in [1.82, 2.24) is 10.2 Å². The summed E-state index contributed by atoms with van der Waals surface area (Å²) in [5, 5.41) is 2.80. The van der Waals surface area contributed by atoms with Crippen molar-refractivity contribution in [2.75, 3.05) is 33.9 Å². The van der Waals surface area contributed by atoms with Gasteiger partial charge in [0.05, 0.1) is 18.1 Å². The molecular weight excluding hydrogens is 286 g/mol. The van der Waals surface area contributed by atoms with Crippen LogP contribution in [0.5, 0.6) is 0 Å². The summed E-state index contributed by atoms with van der Waals surface area (Å²) < 4.78 is 4.90. The van der Waals surface area contributed by atoms with E-state index in [1.54, 1.807) is 7.11 Å². The van der Waals surface area contributed by atoms with E-state index < -0.39 is 0 Å². The predicted molar refractivity (Wildman–Crippen MR) is 88.1 cm³/mol. The SMILES string of the molecule is COCCNC(=O)CN(C)C(CC(N)=S)c1ccccc1. The third kappa shape index (κ3) is 6.66. The summed E-state index contributed by atoms with van der Waals surface area (Å²) in [4.78, 5) is 14.3. The number of carbonyl (C=O) groups excluding carboxylic acids is 1. The number of nitrogens with zero attached hydrogens (tertiary/aromatic N) is 1. The molecule has 21 heavy (non-hydrogen) atoms. The zero-order valence-electron chi connectivity index (χ0n) is 12.5. The van der Waals surface area contributed by atoms with Crippen LogP contribution in [0.2, 0.25) is 0 Å². The lowest BCUT2D eigenvalue weighted by Crippen LogP contribution is -2.39. The average Bonchev–Trinajstić information content (AvgIpc) is 2.45. The number of thiocarbonyl (C=S) groups is 1. The van der Waals surface area contributed by atoms with Gasteiger partial charge in [-0.05, 0) is 12.6 Å². The number of nitrogens with one attached hydrogen (secondary N) is 1. The van der Waals surface area contributed by atoms with Gasteiger partial charge in [0.15, 0.2) is 0 Å². The standard InChI is InChI=1S/C15H23N3O2S/c1-18(11-15(19)17-8-9-20-2)13(10-14(16)21)12-6-4-3-5-7-12/h3-7,13H,8-11H2,1-2H3,(H2,16,21)(H,17,19). The van der Waals surface area contributed by atoms with Crippen molar-refractivity contribution in [3.05, 3.63) is 35.9 Å². The molecule has 1 unspecified atom stereocenters. The highest BCUT2D eigenvalue weighted by molar-refractivity contribution is 7.80. The molecule has 0 heterocycles. The summed E-state index contributed by atoms with van der Waals surface area (Å²) in [6.07, 6.45) is 0.543. The van der Waals surface area contributed by atoms with E-state index in [-0.39, 0.29) is 18.5 Å². The summed E-state index contributed by atoms with van der Waals surface area (Å²) in [6.45, 7) is 1.30. The molecule has 0 fully saturated rings. The van der Waals surface area contributed by atoms with E-state index >= 15 is 0 Å². The minimum atomic E-state index is -0.0431. The minimum Gasteiger partial charge on any atom is -0.393 e. The number of likely N-dealkylation sites (N-methyl/N-ethyl adjacent to an activating group) is 1. The van der Waals surface area contributed by atoms with E-state index in [1.807, 2.05) is 42.3 Å². The van der Waals surface area contributed by atoms with Crippen molar-refractivity contribution >= 4 is 23.1 Å². The second-order valence-corrected chi connectivity index (χ2v) is 5.38. The number of hydrogen-bond acceptors (Lipinski definition) is 4. The monoisotopic (exact) mass is 309 g/mol. The fourth-order valence-corrected chi connectivity index (χ4v) is 2.24. The number of benzene rings is 1. The van der Waals surface area contributed by atoms with Crippen LogP contribution in [0, 0.1) is 0 Å². The molecule has 1 aromatic rings. The first-order chi connectivity index (χ1) is 10.0. The van der Waals surface area contributed by atoms with Gasteiger partial charge in [-0.15, -0.1) is 0 Å².